The summed E-state index contributed by atoms with van der Waals surface area (Å²) in [5, 5.41) is 9.20. The molecule has 3 saturated carbocycles. The summed E-state index contributed by atoms with van der Waals surface area (Å²) in [5.41, 5.74) is 1.30. The van der Waals surface area contributed by atoms with Gasteiger partial charge in [0, 0.05) is 19.1 Å². The average Bonchev–Trinajstić information content (AvgIpc) is 2.48. The summed E-state index contributed by atoms with van der Waals surface area (Å²) < 4.78 is 0. The van der Waals surface area contributed by atoms with Crippen molar-refractivity contribution >= 4 is 5.97 Å². The molecule has 3 saturated heterocycles. The number of hydrogen-bond donors (Lipinski definition) is 1. The number of hydrogen-bond acceptors (Lipinski definition) is 3. The summed E-state index contributed by atoms with van der Waals surface area (Å²) in [6.45, 7) is 10.5. The predicted octanol–water partition coefficient (Wildman–Crippen LogP) is 2.68. The molecule has 3 aliphatic heterocycles. The summed E-state index contributed by atoms with van der Waals surface area (Å²) >= 11 is 0. The van der Waals surface area contributed by atoms with Crippen LogP contribution in [0.5, 0.6) is 0 Å². The van der Waals surface area contributed by atoms with E-state index in [1.165, 1.54) is 38.8 Å². The minimum atomic E-state index is -0.608. The van der Waals surface area contributed by atoms with Crippen molar-refractivity contribution in [2.45, 2.75) is 58.4 Å². The van der Waals surface area contributed by atoms with Crippen LogP contribution in [0.4, 0.5) is 0 Å². The lowest BCUT2D eigenvalue weighted by Gasteiger charge is -2.73. The average molecular weight is 320 g/mol. The maximum atomic E-state index is 11.2. The van der Waals surface area contributed by atoms with E-state index < -0.39 is 5.97 Å². The van der Waals surface area contributed by atoms with E-state index in [1.54, 1.807) is 0 Å². The fourth-order valence-corrected chi connectivity index (χ4v) is 6.77. The third kappa shape index (κ3) is 2.62. The van der Waals surface area contributed by atoms with Crippen LogP contribution in [-0.2, 0) is 4.79 Å². The second-order valence-electron chi connectivity index (χ2n) is 9.43. The molecule has 3 atom stereocenters. The first kappa shape index (κ1) is 15.9. The van der Waals surface area contributed by atoms with Gasteiger partial charge in [-0.05, 0) is 74.9 Å². The number of carboxylic acids is 1. The molecule has 130 valence electrons. The highest BCUT2D eigenvalue weighted by atomic mass is 16.4. The van der Waals surface area contributed by atoms with Gasteiger partial charge in [-0.3, -0.25) is 9.69 Å². The van der Waals surface area contributed by atoms with Crippen LogP contribution in [0.3, 0.4) is 0 Å². The molecule has 0 amide bonds. The second-order valence-corrected chi connectivity index (χ2v) is 9.43. The van der Waals surface area contributed by atoms with Gasteiger partial charge in [0.1, 0.15) is 0 Å². The van der Waals surface area contributed by atoms with Gasteiger partial charge in [-0.15, -0.1) is 0 Å². The highest BCUT2D eigenvalue weighted by Crippen LogP contribution is 2.70. The van der Waals surface area contributed by atoms with Gasteiger partial charge >= 0.3 is 5.97 Å². The molecule has 6 fully saturated rings. The Morgan fingerprint density at radius 1 is 1.17 bits per heavy atom. The standard InChI is InChI=1S/C19H32N2O2/c1-18-9-15-10-19(2,13-18)16(18)12-21(15)8-4-7-20-6-3-5-14(11-20)17(22)23/h14-16H,3-13H2,1-2H3,(H,22,23). The number of likely N-dealkylation sites (tertiary alicyclic amines) is 1. The van der Waals surface area contributed by atoms with Crippen molar-refractivity contribution in [1.82, 2.24) is 9.80 Å². The highest BCUT2D eigenvalue weighted by Gasteiger charge is 2.66. The van der Waals surface area contributed by atoms with Crippen LogP contribution in [-0.4, -0.2) is 59.6 Å². The third-order valence-corrected chi connectivity index (χ3v) is 7.60. The molecule has 3 aliphatic carbocycles. The lowest BCUT2D eigenvalue weighted by molar-refractivity contribution is -0.230. The molecule has 0 radical (unpaired) electrons. The van der Waals surface area contributed by atoms with Gasteiger partial charge in [0.2, 0.25) is 0 Å². The van der Waals surface area contributed by atoms with E-state index in [1.807, 2.05) is 0 Å². The Hall–Kier alpha value is -0.610. The molecule has 4 nitrogen and oxygen atoms in total. The lowest BCUT2D eigenvalue weighted by atomic mass is 9.37. The Bertz CT molecular complexity index is 478. The fourth-order valence-electron chi connectivity index (χ4n) is 6.77. The first-order valence-corrected chi connectivity index (χ1v) is 9.59. The van der Waals surface area contributed by atoms with Gasteiger partial charge in [-0.2, -0.15) is 0 Å². The van der Waals surface area contributed by atoms with E-state index in [4.69, 9.17) is 0 Å². The molecule has 3 heterocycles. The molecule has 4 bridgehead atoms. The van der Waals surface area contributed by atoms with Crippen molar-refractivity contribution in [2.75, 3.05) is 32.7 Å². The molecule has 6 rings (SSSR count). The molecule has 0 aromatic carbocycles. The van der Waals surface area contributed by atoms with Crippen molar-refractivity contribution in [3.05, 3.63) is 0 Å². The summed E-state index contributed by atoms with van der Waals surface area (Å²) in [4.78, 5) is 16.3. The smallest absolute Gasteiger partial charge is 0.307 e. The van der Waals surface area contributed by atoms with Gasteiger partial charge in [-0.25, -0.2) is 0 Å². The van der Waals surface area contributed by atoms with E-state index in [0.717, 1.165) is 44.4 Å². The fraction of sp³-hybridized carbons (Fsp3) is 0.947. The Balaban J connectivity index is 1.25. The largest absolute Gasteiger partial charge is 0.481 e. The van der Waals surface area contributed by atoms with Crippen molar-refractivity contribution in [3.8, 4) is 0 Å². The SMILES string of the molecule is CC12CC3CC(C)(C1)C2CN3CCCN1CCCC(C(=O)O)C1. The second kappa shape index (κ2) is 5.45. The number of carboxylic acid groups (broad SMARTS) is 1. The van der Waals surface area contributed by atoms with Crippen LogP contribution in [0.1, 0.15) is 52.4 Å². The van der Waals surface area contributed by atoms with Crippen LogP contribution < -0.4 is 0 Å². The molecule has 0 spiro atoms. The molecule has 6 aliphatic rings. The maximum absolute atomic E-state index is 11.2. The number of carbonyl (C=O) groups is 1. The first-order chi connectivity index (χ1) is 10.9. The molecule has 4 heteroatoms. The number of rotatable bonds is 5. The Morgan fingerprint density at radius 3 is 2.57 bits per heavy atom. The lowest BCUT2D eigenvalue weighted by Crippen LogP contribution is -2.71. The van der Waals surface area contributed by atoms with Crippen LogP contribution in [0.15, 0.2) is 0 Å². The topological polar surface area (TPSA) is 43.8 Å². The highest BCUT2D eigenvalue weighted by molar-refractivity contribution is 5.70. The van der Waals surface area contributed by atoms with Gasteiger partial charge in [-0.1, -0.05) is 13.8 Å². The monoisotopic (exact) mass is 320 g/mol. The molecule has 3 unspecified atom stereocenters. The summed E-state index contributed by atoms with van der Waals surface area (Å²) in [5.74, 6) is 0.178. The Morgan fingerprint density at radius 2 is 1.91 bits per heavy atom. The van der Waals surface area contributed by atoms with Gasteiger partial charge in [0.25, 0.3) is 0 Å². The maximum Gasteiger partial charge on any atom is 0.307 e. The number of fused-ring (bicyclic) bond motifs is 1. The van der Waals surface area contributed by atoms with Crippen molar-refractivity contribution in [1.29, 1.82) is 0 Å². The minimum absolute atomic E-state index is 0.137. The zero-order valence-corrected chi connectivity index (χ0v) is 14.8. The van der Waals surface area contributed by atoms with E-state index in [-0.39, 0.29) is 5.92 Å². The predicted molar refractivity (Wildman–Crippen MR) is 90.3 cm³/mol. The molecule has 0 aromatic rings. The van der Waals surface area contributed by atoms with Gasteiger partial charge < -0.3 is 10.0 Å². The minimum Gasteiger partial charge on any atom is -0.481 e. The van der Waals surface area contributed by atoms with Gasteiger partial charge in [0.05, 0.1) is 5.92 Å². The Kier molecular flexibility index (Phi) is 3.77. The van der Waals surface area contributed by atoms with Gasteiger partial charge in [0.15, 0.2) is 0 Å². The summed E-state index contributed by atoms with van der Waals surface area (Å²) in [6.07, 6.45) is 7.39. The first-order valence-electron chi connectivity index (χ1n) is 9.59. The van der Waals surface area contributed by atoms with E-state index >= 15 is 0 Å². The van der Waals surface area contributed by atoms with Crippen LogP contribution in [0.25, 0.3) is 0 Å². The zero-order valence-electron chi connectivity index (χ0n) is 14.8. The summed E-state index contributed by atoms with van der Waals surface area (Å²) in [7, 11) is 0. The van der Waals surface area contributed by atoms with Crippen LogP contribution >= 0.6 is 0 Å². The van der Waals surface area contributed by atoms with E-state index in [9.17, 15) is 9.90 Å². The Labute approximate surface area is 140 Å². The quantitative estimate of drug-likeness (QED) is 0.846. The van der Waals surface area contributed by atoms with Crippen molar-refractivity contribution in [3.63, 3.8) is 0 Å². The zero-order chi connectivity index (χ0) is 16.2. The molecule has 23 heavy (non-hydrogen) atoms. The normalized spacial score (nSPS) is 46.6. The van der Waals surface area contributed by atoms with Crippen LogP contribution in [0.2, 0.25) is 0 Å². The molecule has 0 aromatic heterocycles. The number of piperidine rings is 3. The van der Waals surface area contributed by atoms with Crippen LogP contribution in [0, 0.1) is 22.7 Å². The number of nitrogens with zero attached hydrogens (tertiary/aromatic N) is 2. The van der Waals surface area contributed by atoms with E-state index in [0.29, 0.717) is 10.8 Å². The molecular weight excluding hydrogens is 288 g/mol. The molecule has 1 N–H and O–H groups in total. The number of aliphatic carboxylic acids is 1. The molecular formula is C19H32N2O2. The van der Waals surface area contributed by atoms with Crippen molar-refractivity contribution in [2.24, 2.45) is 22.7 Å². The van der Waals surface area contributed by atoms with Crippen molar-refractivity contribution < 1.29 is 9.90 Å². The summed E-state index contributed by atoms with van der Waals surface area (Å²) in [6, 6.07) is 0.817. The third-order valence-electron chi connectivity index (χ3n) is 7.60. The van der Waals surface area contributed by atoms with E-state index in [2.05, 4.69) is 23.6 Å².